The zero-order chi connectivity index (χ0) is 10.8. The average molecular weight is 230 g/mol. The number of aromatic carboxylic acids is 1. The predicted octanol–water partition coefficient (Wildman–Crippen LogP) is 1.16. The molecule has 0 spiro atoms. The molecule has 1 aliphatic heterocycles. The van der Waals surface area contributed by atoms with Crippen molar-refractivity contribution < 1.29 is 9.90 Å². The minimum Gasteiger partial charge on any atom is -0.478 e. The van der Waals surface area contributed by atoms with E-state index in [2.05, 4.69) is 10.4 Å². The smallest absolute Gasteiger partial charge is 0.340 e. The van der Waals surface area contributed by atoms with Gasteiger partial charge in [-0.05, 0) is 25.9 Å². The van der Waals surface area contributed by atoms with Gasteiger partial charge in [0.1, 0.15) is 10.7 Å². The van der Waals surface area contributed by atoms with E-state index >= 15 is 0 Å². The monoisotopic (exact) mass is 229 g/mol. The molecule has 1 aliphatic rings. The summed E-state index contributed by atoms with van der Waals surface area (Å²) in [4.78, 5) is 10.8. The van der Waals surface area contributed by atoms with Gasteiger partial charge in [-0.1, -0.05) is 11.6 Å². The van der Waals surface area contributed by atoms with Crippen LogP contribution < -0.4 is 5.32 Å². The SMILES string of the molecule is O=C(O)c1cnn(C2CCNCC2)c1Cl. The third kappa shape index (κ3) is 1.98. The van der Waals surface area contributed by atoms with Gasteiger partial charge in [0.25, 0.3) is 0 Å². The molecular weight excluding hydrogens is 218 g/mol. The second-order valence-corrected chi connectivity index (χ2v) is 3.94. The topological polar surface area (TPSA) is 67.1 Å². The molecule has 0 aromatic carbocycles. The van der Waals surface area contributed by atoms with E-state index < -0.39 is 5.97 Å². The fourth-order valence-corrected chi connectivity index (χ4v) is 2.11. The fourth-order valence-electron chi connectivity index (χ4n) is 1.80. The van der Waals surface area contributed by atoms with Crippen molar-refractivity contribution in [2.75, 3.05) is 13.1 Å². The van der Waals surface area contributed by atoms with E-state index in [0.717, 1.165) is 25.9 Å². The van der Waals surface area contributed by atoms with Crippen molar-refractivity contribution in [2.45, 2.75) is 18.9 Å². The average Bonchev–Trinajstić information content (AvgIpc) is 2.61. The molecule has 82 valence electrons. The molecule has 2 heterocycles. The summed E-state index contributed by atoms with van der Waals surface area (Å²) in [5, 5.41) is 16.3. The maximum absolute atomic E-state index is 10.8. The van der Waals surface area contributed by atoms with Crippen molar-refractivity contribution >= 4 is 17.6 Å². The summed E-state index contributed by atoms with van der Waals surface area (Å²) >= 11 is 5.95. The highest BCUT2D eigenvalue weighted by molar-refractivity contribution is 6.32. The van der Waals surface area contributed by atoms with Crippen LogP contribution in [0.2, 0.25) is 5.15 Å². The Morgan fingerprint density at radius 1 is 1.60 bits per heavy atom. The Bertz CT molecular complexity index is 371. The maximum atomic E-state index is 10.8. The summed E-state index contributed by atoms with van der Waals surface area (Å²) in [5.41, 5.74) is 0.0789. The Morgan fingerprint density at radius 2 is 2.27 bits per heavy atom. The first kappa shape index (κ1) is 10.4. The Labute approximate surface area is 92.0 Å². The molecule has 0 aliphatic carbocycles. The molecule has 2 N–H and O–H groups in total. The van der Waals surface area contributed by atoms with Gasteiger partial charge < -0.3 is 10.4 Å². The van der Waals surface area contributed by atoms with Gasteiger partial charge in [-0.25, -0.2) is 9.48 Å². The van der Waals surface area contributed by atoms with Crippen LogP contribution in [0.25, 0.3) is 0 Å². The van der Waals surface area contributed by atoms with Crippen molar-refractivity contribution in [3.05, 3.63) is 16.9 Å². The second kappa shape index (κ2) is 4.20. The fraction of sp³-hybridized carbons (Fsp3) is 0.556. The van der Waals surface area contributed by atoms with Crippen LogP contribution in [0.15, 0.2) is 6.20 Å². The normalized spacial score (nSPS) is 17.9. The Morgan fingerprint density at radius 3 is 2.80 bits per heavy atom. The molecule has 1 fully saturated rings. The second-order valence-electron chi connectivity index (χ2n) is 3.58. The molecule has 1 aromatic rings. The number of nitrogens with one attached hydrogen (secondary N) is 1. The van der Waals surface area contributed by atoms with E-state index in [4.69, 9.17) is 16.7 Å². The van der Waals surface area contributed by atoms with Crippen LogP contribution in [0.5, 0.6) is 0 Å². The molecule has 0 saturated carbocycles. The van der Waals surface area contributed by atoms with E-state index in [1.165, 1.54) is 6.20 Å². The van der Waals surface area contributed by atoms with Crippen molar-refractivity contribution in [1.29, 1.82) is 0 Å². The molecule has 1 aromatic heterocycles. The summed E-state index contributed by atoms with van der Waals surface area (Å²) in [6.07, 6.45) is 3.17. The van der Waals surface area contributed by atoms with Gasteiger partial charge in [-0.2, -0.15) is 5.10 Å². The standard InChI is InChI=1S/C9H12ClN3O2/c10-8-7(9(14)15)5-12-13(8)6-1-3-11-4-2-6/h5-6,11H,1-4H2,(H,14,15). The van der Waals surface area contributed by atoms with Gasteiger partial charge in [-0.3, -0.25) is 0 Å². The highest BCUT2D eigenvalue weighted by Gasteiger charge is 2.22. The first-order valence-corrected chi connectivity index (χ1v) is 5.25. The summed E-state index contributed by atoms with van der Waals surface area (Å²) in [5.74, 6) is -1.03. The van der Waals surface area contributed by atoms with E-state index in [-0.39, 0.29) is 16.8 Å². The highest BCUT2D eigenvalue weighted by Crippen LogP contribution is 2.25. The summed E-state index contributed by atoms with van der Waals surface area (Å²) in [6, 6.07) is 0.215. The van der Waals surface area contributed by atoms with Gasteiger partial charge in [0.05, 0.1) is 12.2 Å². The van der Waals surface area contributed by atoms with Crippen LogP contribution in [-0.4, -0.2) is 33.9 Å². The summed E-state index contributed by atoms with van der Waals surface area (Å²) in [7, 11) is 0. The first-order chi connectivity index (χ1) is 7.20. The molecule has 1 saturated heterocycles. The number of carboxylic acids is 1. The van der Waals surface area contributed by atoms with Crippen molar-refractivity contribution in [3.8, 4) is 0 Å². The Balaban J connectivity index is 2.24. The van der Waals surface area contributed by atoms with Crippen molar-refractivity contribution in [3.63, 3.8) is 0 Å². The molecule has 2 rings (SSSR count). The number of carboxylic acid groups (broad SMARTS) is 1. The van der Waals surface area contributed by atoms with Crippen LogP contribution in [0.3, 0.4) is 0 Å². The lowest BCUT2D eigenvalue weighted by Gasteiger charge is -2.23. The molecule has 0 atom stereocenters. The molecule has 0 unspecified atom stereocenters. The lowest BCUT2D eigenvalue weighted by Crippen LogP contribution is -2.29. The molecule has 15 heavy (non-hydrogen) atoms. The third-order valence-electron chi connectivity index (χ3n) is 2.62. The summed E-state index contributed by atoms with van der Waals surface area (Å²) in [6.45, 7) is 1.84. The van der Waals surface area contributed by atoms with E-state index in [1.54, 1.807) is 4.68 Å². The molecule has 0 amide bonds. The van der Waals surface area contributed by atoms with E-state index in [0.29, 0.717) is 0 Å². The highest BCUT2D eigenvalue weighted by atomic mass is 35.5. The third-order valence-corrected chi connectivity index (χ3v) is 3.00. The van der Waals surface area contributed by atoms with E-state index in [9.17, 15) is 4.79 Å². The van der Waals surface area contributed by atoms with E-state index in [1.807, 2.05) is 0 Å². The minimum absolute atomic E-state index is 0.0789. The number of carbonyl (C=O) groups is 1. The van der Waals surface area contributed by atoms with Gasteiger partial charge in [-0.15, -0.1) is 0 Å². The van der Waals surface area contributed by atoms with Crippen LogP contribution >= 0.6 is 11.6 Å². The van der Waals surface area contributed by atoms with Gasteiger partial charge >= 0.3 is 5.97 Å². The number of hydrogen-bond acceptors (Lipinski definition) is 3. The lowest BCUT2D eigenvalue weighted by atomic mass is 10.1. The number of piperidine rings is 1. The largest absolute Gasteiger partial charge is 0.478 e. The molecule has 0 bridgehead atoms. The maximum Gasteiger partial charge on any atom is 0.340 e. The molecule has 6 heteroatoms. The first-order valence-electron chi connectivity index (χ1n) is 4.87. The number of nitrogens with zero attached hydrogens (tertiary/aromatic N) is 2. The zero-order valence-corrected chi connectivity index (χ0v) is 8.87. The molecule has 5 nitrogen and oxygen atoms in total. The number of hydrogen-bond donors (Lipinski definition) is 2. The Hall–Kier alpha value is -1.07. The Kier molecular flexibility index (Phi) is 2.93. The summed E-state index contributed by atoms with van der Waals surface area (Å²) < 4.78 is 1.62. The van der Waals surface area contributed by atoms with Crippen molar-refractivity contribution in [1.82, 2.24) is 15.1 Å². The van der Waals surface area contributed by atoms with Crippen LogP contribution in [0.1, 0.15) is 29.2 Å². The van der Waals surface area contributed by atoms with Crippen LogP contribution in [-0.2, 0) is 0 Å². The predicted molar refractivity (Wildman–Crippen MR) is 55.3 cm³/mol. The number of rotatable bonds is 2. The molecule has 0 radical (unpaired) electrons. The quantitative estimate of drug-likeness (QED) is 0.799. The minimum atomic E-state index is -1.03. The van der Waals surface area contributed by atoms with Gasteiger partial charge in [0.15, 0.2) is 0 Å². The molecular formula is C9H12ClN3O2. The van der Waals surface area contributed by atoms with Gasteiger partial charge in [0.2, 0.25) is 0 Å². The lowest BCUT2D eigenvalue weighted by molar-refractivity contribution is 0.0697. The number of halogens is 1. The van der Waals surface area contributed by atoms with Crippen molar-refractivity contribution in [2.24, 2.45) is 0 Å². The van der Waals surface area contributed by atoms with Gasteiger partial charge in [0, 0.05) is 0 Å². The van der Waals surface area contributed by atoms with Crippen LogP contribution in [0, 0.1) is 0 Å². The number of aromatic nitrogens is 2. The van der Waals surface area contributed by atoms with Crippen LogP contribution in [0.4, 0.5) is 0 Å². The zero-order valence-electron chi connectivity index (χ0n) is 8.11.